The highest BCUT2D eigenvalue weighted by Gasteiger charge is 2.21. The fraction of sp³-hybridized carbons (Fsp3) is 0.333. The zero-order valence-electron chi connectivity index (χ0n) is 11.5. The average molecular weight is 304 g/mol. The Hall–Kier alpha value is -1.92. The van der Waals surface area contributed by atoms with E-state index in [1.807, 2.05) is 22.9 Å². The molecule has 1 N–H and O–H groups in total. The van der Waals surface area contributed by atoms with Gasteiger partial charge in [0, 0.05) is 18.7 Å². The molecule has 0 bridgehead atoms. The largest absolute Gasteiger partial charge is 0.482 e. The molecule has 6 heteroatoms. The second-order valence-corrected chi connectivity index (χ2v) is 5.91. The molecule has 0 radical (unpaired) electrons. The number of nitrogens with zero attached hydrogens (tertiary/aromatic N) is 1. The summed E-state index contributed by atoms with van der Waals surface area (Å²) < 4.78 is 5.58. The van der Waals surface area contributed by atoms with Crippen LogP contribution in [0.4, 0.5) is 5.69 Å². The minimum Gasteiger partial charge on any atom is -0.482 e. The molecule has 1 heterocycles. The Bertz CT molecular complexity index is 624. The van der Waals surface area contributed by atoms with Crippen molar-refractivity contribution in [3.63, 3.8) is 0 Å². The number of thiophene rings is 1. The predicted octanol–water partition coefficient (Wildman–Crippen LogP) is 3.49. The van der Waals surface area contributed by atoms with Gasteiger partial charge in [0.25, 0.3) is 0 Å². The number of hydrogen-bond donors (Lipinski definition) is 1. The summed E-state index contributed by atoms with van der Waals surface area (Å²) in [6.45, 7) is 1.01. The van der Waals surface area contributed by atoms with Crippen LogP contribution in [0.25, 0.3) is 0 Å². The highest BCUT2D eigenvalue weighted by Crippen LogP contribution is 2.29. The van der Waals surface area contributed by atoms with E-state index in [1.54, 1.807) is 23.5 Å². The number of nitrogens with one attached hydrogen (secondary N) is 1. The van der Waals surface area contributed by atoms with E-state index in [2.05, 4.69) is 5.32 Å². The van der Waals surface area contributed by atoms with E-state index in [0.717, 1.165) is 11.1 Å². The number of ether oxygens (including phenoxy) is 1. The second-order valence-electron chi connectivity index (χ2n) is 5.13. The van der Waals surface area contributed by atoms with Crippen LogP contribution in [-0.4, -0.2) is 11.0 Å². The maximum Gasteiger partial charge on any atom is 0.311 e. The molecule has 1 fully saturated rings. The Kier molecular flexibility index (Phi) is 4.17. The van der Waals surface area contributed by atoms with Crippen LogP contribution in [-0.2, 0) is 13.2 Å². The molecule has 0 aliphatic heterocycles. The van der Waals surface area contributed by atoms with Crippen LogP contribution in [0.2, 0.25) is 0 Å². The molecule has 5 nitrogen and oxygen atoms in total. The number of hydrogen-bond acceptors (Lipinski definition) is 5. The monoisotopic (exact) mass is 304 g/mol. The van der Waals surface area contributed by atoms with Crippen LogP contribution >= 0.6 is 11.3 Å². The minimum absolute atomic E-state index is 0.0281. The van der Waals surface area contributed by atoms with Crippen molar-refractivity contribution < 1.29 is 9.66 Å². The van der Waals surface area contributed by atoms with Gasteiger partial charge in [-0.15, -0.1) is 0 Å². The molecular weight excluding hydrogens is 288 g/mol. The van der Waals surface area contributed by atoms with Crippen molar-refractivity contribution in [2.24, 2.45) is 0 Å². The van der Waals surface area contributed by atoms with Crippen molar-refractivity contribution in [1.82, 2.24) is 5.32 Å². The zero-order valence-corrected chi connectivity index (χ0v) is 12.3. The van der Waals surface area contributed by atoms with Crippen LogP contribution in [0, 0.1) is 10.1 Å². The minimum atomic E-state index is -0.385. The molecule has 0 unspecified atom stereocenters. The lowest BCUT2D eigenvalue weighted by atomic mass is 10.2. The van der Waals surface area contributed by atoms with Crippen molar-refractivity contribution in [3.05, 3.63) is 56.3 Å². The highest BCUT2D eigenvalue weighted by molar-refractivity contribution is 7.07. The molecule has 0 amide bonds. The van der Waals surface area contributed by atoms with Crippen LogP contribution in [0.3, 0.4) is 0 Å². The third-order valence-electron chi connectivity index (χ3n) is 3.37. The fourth-order valence-electron chi connectivity index (χ4n) is 2.02. The normalized spacial score (nSPS) is 14.1. The van der Waals surface area contributed by atoms with Gasteiger partial charge in [0.2, 0.25) is 0 Å². The lowest BCUT2D eigenvalue weighted by Gasteiger charge is -2.08. The average Bonchev–Trinajstić information content (AvgIpc) is 3.17. The molecule has 3 rings (SSSR count). The first kappa shape index (κ1) is 14.0. The summed E-state index contributed by atoms with van der Waals surface area (Å²) in [7, 11) is 0. The highest BCUT2D eigenvalue weighted by atomic mass is 32.1. The van der Waals surface area contributed by atoms with Crippen LogP contribution in [0.1, 0.15) is 24.0 Å². The molecule has 2 aromatic rings. The zero-order chi connectivity index (χ0) is 14.7. The molecule has 0 atom stereocenters. The smallest absolute Gasteiger partial charge is 0.311 e. The van der Waals surface area contributed by atoms with Gasteiger partial charge in [0.15, 0.2) is 5.75 Å². The molecular formula is C15H16N2O3S. The van der Waals surface area contributed by atoms with E-state index < -0.39 is 0 Å². The maximum absolute atomic E-state index is 11.2. The van der Waals surface area contributed by atoms with Gasteiger partial charge in [0.1, 0.15) is 6.61 Å². The van der Waals surface area contributed by atoms with E-state index in [-0.39, 0.29) is 10.6 Å². The van der Waals surface area contributed by atoms with E-state index in [9.17, 15) is 10.1 Å². The van der Waals surface area contributed by atoms with Crippen LogP contribution < -0.4 is 10.1 Å². The molecule has 1 aromatic carbocycles. The molecule has 110 valence electrons. The van der Waals surface area contributed by atoms with Crippen molar-refractivity contribution in [3.8, 4) is 5.75 Å². The Balaban J connectivity index is 1.70. The molecule has 1 aliphatic rings. The number of nitro groups is 1. The quantitative estimate of drug-likeness (QED) is 0.628. The third-order valence-corrected chi connectivity index (χ3v) is 4.10. The van der Waals surface area contributed by atoms with Gasteiger partial charge in [-0.2, -0.15) is 11.3 Å². The second kappa shape index (κ2) is 6.24. The Labute approximate surface area is 126 Å². The van der Waals surface area contributed by atoms with Crippen LogP contribution in [0.5, 0.6) is 5.75 Å². The van der Waals surface area contributed by atoms with Crippen molar-refractivity contribution in [2.75, 3.05) is 0 Å². The summed E-state index contributed by atoms with van der Waals surface area (Å²) in [5.41, 5.74) is 1.96. The fourth-order valence-corrected chi connectivity index (χ4v) is 2.68. The molecule has 1 saturated carbocycles. The van der Waals surface area contributed by atoms with Crippen molar-refractivity contribution in [1.29, 1.82) is 0 Å². The third kappa shape index (κ3) is 3.80. The predicted molar refractivity (Wildman–Crippen MR) is 81.6 cm³/mol. The van der Waals surface area contributed by atoms with Gasteiger partial charge >= 0.3 is 5.69 Å². The summed E-state index contributed by atoms with van der Waals surface area (Å²) in [4.78, 5) is 10.8. The van der Waals surface area contributed by atoms with E-state index >= 15 is 0 Å². The van der Waals surface area contributed by atoms with Gasteiger partial charge in [-0.05, 0) is 46.9 Å². The maximum atomic E-state index is 11.2. The number of rotatable bonds is 7. The summed E-state index contributed by atoms with van der Waals surface area (Å²) >= 11 is 1.58. The summed E-state index contributed by atoms with van der Waals surface area (Å²) in [6, 6.07) is 7.70. The molecule has 0 saturated heterocycles. The number of benzene rings is 1. The first-order chi connectivity index (χ1) is 10.2. The topological polar surface area (TPSA) is 64.4 Å². The summed E-state index contributed by atoms with van der Waals surface area (Å²) in [5.74, 6) is 0.321. The molecule has 21 heavy (non-hydrogen) atoms. The van der Waals surface area contributed by atoms with E-state index in [4.69, 9.17) is 4.74 Å². The first-order valence-corrected chi connectivity index (χ1v) is 7.81. The van der Waals surface area contributed by atoms with E-state index in [1.165, 1.54) is 12.8 Å². The molecule has 1 aromatic heterocycles. The van der Waals surface area contributed by atoms with Crippen molar-refractivity contribution >= 4 is 17.0 Å². The van der Waals surface area contributed by atoms with Gasteiger partial charge in [0.05, 0.1) is 4.92 Å². The standard InChI is InChI=1S/C15H16N2O3S/c18-17(19)14-7-11(8-16-13-2-3-13)1-4-15(14)20-9-12-5-6-21-10-12/h1,4-7,10,13,16H,2-3,8-9H2. The van der Waals surface area contributed by atoms with E-state index in [0.29, 0.717) is 24.9 Å². The van der Waals surface area contributed by atoms with Gasteiger partial charge < -0.3 is 10.1 Å². The van der Waals surface area contributed by atoms with Crippen LogP contribution in [0.15, 0.2) is 35.0 Å². The Morgan fingerprint density at radius 2 is 2.19 bits per heavy atom. The first-order valence-electron chi connectivity index (χ1n) is 6.87. The summed E-state index contributed by atoms with van der Waals surface area (Å²) in [5, 5.41) is 18.5. The molecule has 0 spiro atoms. The van der Waals surface area contributed by atoms with Gasteiger partial charge in [-0.25, -0.2) is 0 Å². The Morgan fingerprint density at radius 3 is 2.86 bits per heavy atom. The van der Waals surface area contributed by atoms with Crippen molar-refractivity contribution in [2.45, 2.75) is 32.0 Å². The lowest BCUT2D eigenvalue weighted by molar-refractivity contribution is -0.386. The SMILES string of the molecule is O=[N+]([O-])c1cc(CNC2CC2)ccc1OCc1ccsc1. The Morgan fingerprint density at radius 1 is 1.33 bits per heavy atom. The number of nitro benzene ring substituents is 1. The lowest BCUT2D eigenvalue weighted by Crippen LogP contribution is -2.15. The van der Waals surface area contributed by atoms with Gasteiger partial charge in [-0.3, -0.25) is 10.1 Å². The van der Waals surface area contributed by atoms with Gasteiger partial charge in [-0.1, -0.05) is 6.07 Å². The molecule has 1 aliphatic carbocycles. The summed E-state index contributed by atoms with van der Waals surface area (Å²) in [6.07, 6.45) is 2.40.